The number of likely N-dealkylation sites (tertiary alicyclic amines) is 1. The summed E-state index contributed by atoms with van der Waals surface area (Å²) in [6.45, 7) is 7.10. The Balaban J connectivity index is 2.20. The van der Waals surface area contributed by atoms with Gasteiger partial charge in [-0.05, 0) is 6.42 Å². The SMILES string of the molecule is CC(C)(C)c1nc(CC(=O)N2CCC(N)C2)c(C(=O)O)s1. The second-order valence-electron chi connectivity index (χ2n) is 6.42. The van der Waals surface area contributed by atoms with E-state index in [-0.39, 0.29) is 28.7 Å². The number of thiazole rings is 1. The predicted molar refractivity (Wildman–Crippen MR) is 80.6 cm³/mol. The largest absolute Gasteiger partial charge is 0.477 e. The van der Waals surface area contributed by atoms with Crippen molar-refractivity contribution in [2.45, 2.75) is 45.1 Å². The summed E-state index contributed by atoms with van der Waals surface area (Å²) in [5, 5.41) is 10.0. The first-order valence-corrected chi connectivity index (χ1v) is 7.77. The van der Waals surface area contributed by atoms with Gasteiger partial charge in [-0.1, -0.05) is 20.8 Å². The molecule has 1 aromatic rings. The molecule has 1 aromatic heterocycles. The zero-order valence-electron chi connectivity index (χ0n) is 12.5. The Morgan fingerprint density at radius 3 is 2.62 bits per heavy atom. The van der Waals surface area contributed by atoms with Gasteiger partial charge in [0.25, 0.3) is 0 Å². The van der Waals surface area contributed by atoms with Crippen LogP contribution < -0.4 is 5.73 Å². The number of nitrogens with zero attached hydrogens (tertiary/aromatic N) is 2. The van der Waals surface area contributed by atoms with Crippen LogP contribution in [0.3, 0.4) is 0 Å². The first-order chi connectivity index (χ1) is 9.68. The molecule has 1 aliphatic rings. The van der Waals surface area contributed by atoms with Gasteiger partial charge >= 0.3 is 5.97 Å². The van der Waals surface area contributed by atoms with Crippen molar-refractivity contribution in [1.29, 1.82) is 0 Å². The summed E-state index contributed by atoms with van der Waals surface area (Å²) in [5.74, 6) is -1.12. The highest BCUT2D eigenvalue weighted by molar-refractivity contribution is 7.13. The molecule has 0 aromatic carbocycles. The minimum atomic E-state index is -1.02. The fraction of sp³-hybridized carbons (Fsp3) is 0.643. The van der Waals surface area contributed by atoms with Crippen LogP contribution in [0.25, 0.3) is 0 Å². The Hall–Kier alpha value is -1.47. The lowest BCUT2D eigenvalue weighted by molar-refractivity contribution is -0.129. The van der Waals surface area contributed by atoms with Crippen molar-refractivity contribution in [3.8, 4) is 0 Å². The number of hydrogen-bond acceptors (Lipinski definition) is 5. The van der Waals surface area contributed by atoms with Gasteiger partial charge in [-0.2, -0.15) is 0 Å². The van der Waals surface area contributed by atoms with Gasteiger partial charge < -0.3 is 15.7 Å². The third kappa shape index (κ3) is 3.59. The maximum atomic E-state index is 12.2. The quantitative estimate of drug-likeness (QED) is 0.875. The van der Waals surface area contributed by atoms with E-state index in [0.717, 1.165) is 22.8 Å². The standard InChI is InChI=1S/C14H21N3O3S/c1-14(2,3)13-16-9(11(21-13)12(19)20)6-10(18)17-5-4-8(15)7-17/h8H,4-7,15H2,1-3H3,(H,19,20). The van der Waals surface area contributed by atoms with E-state index in [9.17, 15) is 14.7 Å². The van der Waals surface area contributed by atoms with Crippen LogP contribution >= 0.6 is 11.3 Å². The number of aromatic nitrogens is 1. The molecule has 1 aliphatic heterocycles. The lowest BCUT2D eigenvalue weighted by Crippen LogP contribution is -2.33. The molecule has 2 rings (SSSR count). The summed E-state index contributed by atoms with van der Waals surface area (Å²) < 4.78 is 0. The van der Waals surface area contributed by atoms with Crippen molar-refractivity contribution in [3.63, 3.8) is 0 Å². The molecular weight excluding hydrogens is 290 g/mol. The van der Waals surface area contributed by atoms with Gasteiger partial charge in [0.15, 0.2) is 0 Å². The van der Waals surface area contributed by atoms with E-state index in [0.29, 0.717) is 18.8 Å². The number of carboxylic acids is 1. The Bertz CT molecular complexity index is 562. The molecule has 7 heteroatoms. The minimum absolute atomic E-state index is 0.0217. The Labute approximate surface area is 128 Å². The maximum Gasteiger partial charge on any atom is 0.347 e. The number of carbonyl (C=O) groups excluding carboxylic acids is 1. The second-order valence-corrected chi connectivity index (χ2v) is 7.41. The van der Waals surface area contributed by atoms with Gasteiger partial charge in [-0.3, -0.25) is 4.79 Å². The normalized spacial score (nSPS) is 19.0. The number of rotatable bonds is 3. The predicted octanol–water partition coefficient (Wildman–Crippen LogP) is 1.24. The van der Waals surface area contributed by atoms with Gasteiger partial charge in [0.1, 0.15) is 4.88 Å². The molecule has 0 spiro atoms. The summed E-state index contributed by atoms with van der Waals surface area (Å²) in [4.78, 5) is 29.8. The van der Waals surface area contributed by atoms with Crippen molar-refractivity contribution >= 4 is 23.2 Å². The van der Waals surface area contributed by atoms with Crippen LogP contribution in [0.15, 0.2) is 0 Å². The van der Waals surface area contributed by atoms with Crippen molar-refractivity contribution in [3.05, 3.63) is 15.6 Å². The van der Waals surface area contributed by atoms with E-state index in [1.807, 2.05) is 20.8 Å². The van der Waals surface area contributed by atoms with Gasteiger partial charge in [0.05, 0.1) is 17.1 Å². The monoisotopic (exact) mass is 311 g/mol. The minimum Gasteiger partial charge on any atom is -0.477 e. The van der Waals surface area contributed by atoms with Gasteiger partial charge in [-0.15, -0.1) is 11.3 Å². The molecule has 6 nitrogen and oxygen atoms in total. The number of carboxylic acid groups (broad SMARTS) is 1. The van der Waals surface area contributed by atoms with Crippen molar-refractivity contribution < 1.29 is 14.7 Å². The molecule has 1 fully saturated rings. The first kappa shape index (κ1) is 15.9. The summed E-state index contributed by atoms with van der Waals surface area (Å²) in [7, 11) is 0. The highest BCUT2D eigenvalue weighted by Crippen LogP contribution is 2.30. The van der Waals surface area contributed by atoms with Gasteiger partial charge in [0.2, 0.25) is 5.91 Å². The van der Waals surface area contributed by atoms with E-state index >= 15 is 0 Å². The number of nitrogens with two attached hydrogens (primary N) is 1. The Morgan fingerprint density at radius 2 is 2.14 bits per heavy atom. The lowest BCUT2D eigenvalue weighted by atomic mass is 9.98. The molecular formula is C14H21N3O3S. The van der Waals surface area contributed by atoms with Crippen LogP contribution in [0.5, 0.6) is 0 Å². The van der Waals surface area contributed by atoms with E-state index in [4.69, 9.17) is 5.73 Å². The fourth-order valence-corrected chi connectivity index (χ4v) is 3.21. The van der Waals surface area contributed by atoms with Crippen molar-refractivity contribution in [2.75, 3.05) is 13.1 Å². The molecule has 3 N–H and O–H groups in total. The molecule has 0 saturated carbocycles. The lowest BCUT2D eigenvalue weighted by Gasteiger charge is -2.15. The molecule has 116 valence electrons. The molecule has 2 heterocycles. The van der Waals surface area contributed by atoms with Gasteiger partial charge in [0, 0.05) is 24.5 Å². The molecule has 1 unspecified atom stereocenters. The molecule has 0 bridgehead atoms. The van der Waals surface area contributed by atoms with Gasteiger partial charge in [-0.25, -0.2) is 9.78 Å². The number of aromatic carboxylic acids is 1. The third-order valence-electron chi connectivity index (χ3n) is 3.43. The smallest absolute Gasteiger partial charge is 0.347 e. The Morgan fingerprint density at radius 1 is 1.48 bits per heavy atom. The summed E-state index contributed by atoms with van der Waals surface area (Å²) in [6.07, 6.45) is 0.822. The second kappa shape index (κ2) is 5.73. The van der Waals surface area contributed by atoms with E-state index in [1.54, 1.807) is 4.90 Å². The van der Waals surface area contributed by atoms with E-state index in [1.165, 1.54) is 0 Å². The van der Waals surface area contributed by atoms with E-state index < -0.39 is 5.97 Å². The number of amides is 1. The van der Waals surface area contributed by atoms with Crippen molar-refractivity contribution in [2.24, 2.45) is 5.73 Å². The van der Waals surface area contributed by atoms with Crippen LogP contribution in [0, 0.1) is 0 Å². The summed E-state index contributed by atoms with van der Waals surface area (Å²) in [6, 6.07) is 0.0217. The number of hydrogen-bond donors (Lipinski definition) is 2. The van der Waals surface area contributed by atoms with Crippen LogP contribution in [-0.2, 0) is 16.6 Å². The summed E-state index contributed by atoms with van der Waals surface area (Å²) in [5.41, 5.74) is 5.93. The van der Waals surface area contributed by atoms with E-state index in [2.05, 4.69) is 4.98 Å². The van der Waals surface area contributed by atoms with Crippen LogP contribution in [0.1, 0.15) is 47.6 Å². The van der Waals surface area contributed by atoms with Crippen molar-refractivity contribution in [1.82, 2.24) is 9.88 Å². The fourth-order valence-electron chi connectivity index (χ4n) is 2.23. The average Bonchev–Trinajstić information content (AvgIpc) is 2.94. The zero-order chi connectivity index (χ0) is 15.8. The molecule has 0 radical (unpaired) electrons. The molecule has 0 aliphatic carbocycles. The highest BCUT2D eigenvalue weighted by atomic mass is 32.1. The van der Waals surface area contributed by atoms with Crippen LogP contribution in [-0.4, -0.2) is 46.0 Å². The third-order valence-corrected chi connectivity index (χ3v) is 4.94. The van der Waals surface area contributed by atoms with Crippen LogP contribution in [0.4, 0.5) is 0 Å². The maximum absolute atomic E-state index is 12.2. The molecule has 1 atom stereocenters. The topological polar surface area (TPSA) is 96.5 Å². The molecule has 21 heavy (non-hydrogen) atoms. The average molecular weight is 311 g/mol. The molecule has 1 saturated heterocycles. The first-order valence-electron chi connectivity index (χ1n) is 6.95. The zero-order valence-corrected chi connectivity index (χ0v) is 13.4. The molecule has 1 amide bonds. The number of carbonyl (C=O) groups is 2. The Kier molecular flexibility index (Phi) is 4.34. The summed E-state index contributed by atoms with van der Waals surface area (Å²) >= 11 is 1.15. The van der Waals surface area contributed by atoms with Crippen LogP contribution in [0.2, 0.25) is 0 Å². The highest BCUT2D eigenvalue weighted by Gasteiger charge is 2.28.